The normalized spacial score (nSPS) is 17.7. The Balaban J connectivity index is 2.00. The highest BCUT2D eigenvalue weighted by molar-refractivity contribution is 5.75. The minimum absolute atomic E-state index is 0.258. The molecule has 2 nitrogen and oxygen atoms in total. The summed E-state index contributed by atoms with van der Waals surface area (Å²) in [5, 5.41) is 2.98. The van der Waals surface area contributed by atoms with Crippen molar-refractivity contribution in [3.8, 4) is 0 Å². The van der Waals surface area contributed by atoms with E-state index in [0.29, 0.717) is 0 Å². The zero-order valence-corrected chi connectivity index (χ0v) is 10.1. The summed E-state index contributed by atoms with van der Waals surface area (Å²) in [6.07, 6.45) is 11.0. The molecule has 1 saturated carbocycles. The lowest BCUT2D eigenvalue weighted by Gasteiger charge is -2.20. The maximum atomic E-state index is 11.4. The van der Waals surface area contributed by atoms with E-state index in [0.717, 1.165) is 38.1 Å². The Morgan fingerprint density at radius 3 is 2.67 bits per heavy atom. The quantitative estimate of drug-likeness (QED) is 0.671. The molecule has 1 aliphatic carbocycles. The Labute approximate surface area is 93.8 Å². The standard InChI is InChI=1S/C13H25NO/c1-2-3-11-14-13(15)10-9-12-7-5-4-6-8-12/h12H,2-11H2,1H3,(H,14,15). The molecule has 0 atom stereocenters. The van der Waals surface area contributed by atoms with Gasteiger partial charge in [0.15, 0.2) is 0 Å². The van der Waals surface area contributed by atoms with E-state index in [2.05, 4.69) is 12.2 Å². The van der Waals surface area contributed by atoms with Gasteiger partial charge >= 0.3 is 0 Å². The predicted molar refractivity (Wildman–Crippen MR) is 63.7 cm³/mol. The molecule has 1 fully saturated rings. The first kappa shape index (κ1) is 12.5. The minimum Gasteiger partial charge on any atom is -0.356 e. The number of amides is 1. The summed E-state index contributed by atoms with van der Waals surface area (Å²) in [6.45, 7) is 3.01. The highest BCUT2D eigenvalue weighted by atomic mass is 16.1. The summed E-state index contributed by atoms with van der Waals surface area (Å²) in [7, 11) is 0. The van der Waals surface area contributed by atoms with Crippen molar-refractivity contribution in [2.24, 2.45) is 5.92 Å². The van der Waals surface area contributed by atoms with Gasteiger partial charge in [0.1, 0.15) is 0 Å². The number of nitrogens with one attached hydrogen (secondary N) is 1. The zero-order valence-electron chi connectivity index (χ0n) is 10.1. The lowest BCUT2D eigenvalue weighted by molar-refractivity contribution is -0.121. The van der Waals surface area contributed by atoms with E-state index >= 15 is 0 Å². The molecular weight excluding hydrogens is 186 g/mol. The van der Waals surface area contributed by atoms with Crippen molar-refractivity contribution in [3.05, 3.63) is 0 Å². The van der Waals surface area contributed by atoms with Gasteiger partial charge in [-0.2, -0.15) is 0 Å². The first-order valence-corrected chi connectivity index (χ1v) is 6.59. The molecule has 0 aromatic rings. The van der Waals surface area contributed by atoms with Crippen LogP contribution in [-0.2, 0) is 4.79 Å². The van der Waals surface area contributed by atoms with Crippen molar-refractivity contribution in [1.82, 2.24) is 5.32 Å². The third-order valence-electron chi connectivity index (χ3n) is 3.36. The van der Waals surface area contributed by atoms with Crippen LogP contribution in [0.15, 0.2) is 0 Å². The molecule has 0 heterocycles. The van der Waals surface area contributed by atoms with E-state index in [9.17, 15) is 4.79 Å². The van der Waals surface area contributed by atoms with Crippen LogP contribution >= 0.6 is 0 Å². The van der Waals surface area contributed by atoms with Gasteiger partial charge in [-0.1, -0.05) is 45.4 Å². The molecule has 0 bridgehead atoms. The molecule has 1 rings (SSSR count). The van der Waals surface area contributed by atoms with E-state index in [1.165, 1.54) is 32.1 Å². The minimum atomic E-state index is 0.258. The summed E-state index contributed by atoms with van der Waals surface area (Å²) < 4.78 is 0. The highest BCUT2D eigenvalue weighted by Crippen LogP contribution is 2.27. The van der Waals surface area contributed by atoms with Gasteiger partial charge in [0, 0.05) is 13.0 Å². The molecule has 15 heavy (non-hydrogen) atoms. The predicted octanol–water partition coefficient (Wildman–Crippen LogP) is 3.26. The number of carbonyl (C=O) groups excluding carboxylic acids is 1. The topological polar surface area (TPSA) is 29.1 Å². The fourth-order valence-electron chi connectivity index (χ4n) is 2.30. The van der Waals surface area contributed by atoms with Crippen molar-refractivity contribution in [2.45, 2.75) is 64.7 Å². The van der Waals surface area contributed by atoms with Crippen molar-refractivity contribution in [3.63, 3.8) is 0 Å². The fraction of sp³-hybridized carbons (Fsp3) is 0.923. The molecule has 2 heteroatoms. The summed E-state index contributed by atoms with van der Waals surface area (Å²) in [4.78, 5) is 11.4. The zero-order chi connectivity index (χ0) is 10.9. The summed E-state index contributed by atoms with van der Waals surface area (Å²) >= 11 is 0. The average Bonchev–Trinajstić information content (AvgIpc) is 2.28. The molecule has 1 N–H and O–H groups in total. The smallest absolute Gasteiger partial charge is 0.220 e. The van der Waals surface area contributed by atoms with Gasteiger partial charge in [-0.3, -0.25) is 4.79 Å². The lowest BCUT2D eigenvalue weighted by Crippen LogP contribution is -2.24. The van der Waals surface area contributed by atoms with Crippen molar-refractivity contribution >= 4 is 5.91 Å². The van der Waals surface area contributed by atoms with E-state index in [-0.39, 0.29) is 5.91 Å². The number of hydrogen-bond acceptors (Lipinski definition) is 1. The van der Waals surface area contributed by atoms with E-state index in [1.54, 1.807) is 0 Å². The molecule has 0 spiro atoms. The monoisotopic (exact) mass is 211 g/mol. The summed E-state index contributed by atoms with van der Waals surface area (Å²) in [5.74, 6) is 1.09. The molecule has 0 unspecified atom stereocenters. The van der Waals surface area contributed by atoms with Crippen molar-refractivity contribution in [2.75, 3.05) is 6.54 Å². The van der Waals surface area contributed by atoms with Crippen LogP contribution in [0.4, 0.5) is 0 Å². The molecule has 0 aromatic carbocycles. The van der Waals surface area contributed by atoms with Gasteiger partial charge in [-0.25, -0.2) is 0 Å². The second kappa shape index (κ2) is 7.72. The molecular formula is C13H25NO. The van der Waals surface area contributed by atoms with Gasteiger partial charge in [-0.05, 0) is 18.8 Å². The van der Waals surface area contributed by atoms with Crippen molar-refractivity contribution < 1.29 is 4.79 Å². The van der Waals surface area contributed by atoms with Crippen LogP contribution in [0.2, 0.25) is 0 Å². The average molecular weight is 211 g/mol. The Morgan fingerprint density at radius 1 is 1.27 bits per heavy atom. The molecule has 1 aliphatic rings. The highest BCUT2D eigenvalue weighted by Gasteiger charge is 2.14. The second-order valence-electron chi connectivity index (χ2n) is 4.75. The molecule has 0 aromatic heterocycles. The van der Waals surface area contributed by atoms with E-state index in [4.69, 9.17) is 0 Å². The van der Waals surface area contributed by atoms with Gasteiger partial charge in [0.2, 0.25) is 5.91 Å². The van der Waals surface area contributed by atoms with Gasteiger partial charge < -0.3 is 5.32 Å². The maximum absolute atomic E-state index is 11.4. The number of hydrogen-bond donors (Lipinski definition) is 1. The second-order valence-corrected chi connectivity index (χ2v) is 4.75. The third-order valence-corrected chi connectivity index (χ3v) is 3.36. The first-order valence-electron chi connectivity index (χ1n) is 6.59. The molecule has 0 radical (unpaired) electrons. The first-order chi connectivity index (χ1) is 7.33. The summed E-state index contributed by atoms with van der Waals surface area (Å²) in [6, 6.07) is 0. The van der Waals surface area contributed by atoms with Crippen LogP contribution in [0.3, 0.4) is 0 Å². The molecule has 88 valence electrons. The fourth-order valence-corrected chi connectivity index (χ4v) is 2.30. The lowest BCUT2D eigenvalue weighted by atomic mass is 9.86. The van der Waals surface area contributed by atoms with Gasteiger partial charge in [0.05, 0.1) is 0 Å². The number of carbonyl (C=O) groups is 1. The Hall–Kier alpha value is -0.530. The van der Waals surface area contributed by atoms with Gasteiger partial charge in [-0.15, -0.1) is 0 Å². The number of rotatable bonds is 6. The van der Waals surface area contributed by atoms with Crippen LogP contribution in [0.25, 0.3) is 0 Å². The van der Waals surface area contributed by atoms with Crippen LogP contribution in [0.1, 0.15) is 64.7 Å². The van der Waals surface area contributed by atoms with E-state index < -0.39 is 0 Å². The van der Waals surface area contributed by atoms with E-state index in [1.807, 2.05) is 0 Å². The van der Waals surface area contributed by atoms with Crippen LogP contribution < -0.4 is 5.32 Å². The van der Waals surface area contributed by atoms with Crippen LogP contribution in [-0.4, -0.2) is 12.5 Å². The van der Waals surface area contributed by atoms with Gasteiger partial charge in [0.25, 0.3) is 0 Å². The molecule has 0 aliphatic heterocycles. The third kappa shape index (κ3) is 5.81. The maximum Gasteiger partial charge on any atom is 0.220 e. The molecule has 1 amide bonds. The molecule has 0 saturated heterocycles. The Morgan fingerprint density at radius 2 is 2.00 bits per heavy atom. The van der Waals surface area contributed by atoms with Crippen LogP contribution in [0, 0.1) is 5.92 Å². The summed E-state index contributed by atoms with van der Waals surface area (Å²) in [5.41, 5.74) is 0. The van der Waals surface area contributed by atoms with Crippen LogP contribution in [0.5, 0.6) is 0 Å². The largest absolute Gasteiger partial charge is 0.356 e. The Bertz CT molecular complexity index is 173. The SMILES string of the molecule is CCCCNC(=O)CCC1CCCCC1. The Kier molecular flexibility index (Phi) is 6.45. The van der Waals surface area contributed by atoms with Crippen molar-refractivity contribution in [1.29, 1.82) is 0 Å². The number of unbranched alkanes of at least 4 members (excludes halogenated alkanes) is 1.